The average Bonchev–Trinajstić information content (AvgIpc) is 3.15. The SMILES string of the molecule is N#C/C(=C/c1ccc(-c2ccc(Cl)cc2)o1)C(=O)Nc1ccc(S(N)(=O)=O)cc1. The van der Waals surface area contributed by atoms with Crippen molar-refractivity contribution in [2.45, 2.75) is 4.90 Å². The number of rotatable bonds is 5. The highest BCUT2D eigenvalue weighted by molar-refractivity contribution is 7.89. The molecule has 1 aromatic heterocycles. The van der Waals surface area contributed by atoms with Gasteiger partial charge in [-0.2, -0.15) is 5.26 Å². The number of benzene rings is 2. The zero-order valence-electron chi connectivity index (χ0n) is 14.8. The summed E-state index contributed by atoms with van der Waals surface area (Å²) >= 11 is 5.87. The first-order valence-electron chi connectivity index (χ1n) is 8.18. The number of primary sulfonamides is 1. The van der Waals surface area contributed by atoms with Crippen LogP contribution in [0.1, 0.15) is 5.76 Å². The maximum Gasteiger partial charge on any atom is 0.266 e. The van der Waals surface area contributed by atoms with Crippen molar-refractivity contribution >= 4 is 39.3 Å². The van der Waals surface area contributed by atoms with Crippen molar-refractivity contribution in [1.29, 1.82) is 5.26 Å². The number of carbonyl (C=O) groups is 1. The summed E-state index contributed by atoms with van der Waals surface area (Å²) in [6.45, 7) is 0. The Morgan fingerprint density at radius 3 is 2.31 bits per heavy atom. The van der Waals surface area contributed by atoms with E-state index in [0.29, 0.717) is 22.2 Å². The summed E-state index contributed by atoms with van der Waals surface area (Å²) in [6, 6.07) is 17.5. The lowest BCUT2D eigenvalue weighted by Gasteiger charge is -2.05. The van der Waals surface area contributed by atoms with Crippen molar-refractivity contribution in [3.8, 4) is 17.4 Å². The van der Waals surface area contributed by atoms with Crippen molar-refractivity contribution in [1.82, 2.24) is 0 Å². The minimum absolute atomic E-state index is 0.0862. The molecule has 0 unspecified atom stereocenters. The van der Waals surface area contributed by atoms with E-state index in [1.54, 1.807) is 36.4 Å². The van der Waals surface area contributed by atoms with Gasteiger partial charge in [0.1, 0.15) is 23.2 Å². The van der Waals surface area contributed by atoms with Gasteiger partial charge in [-0.3, -0.25) is 4.79 Å². The summed E-state index contributed by atoms with van der Waals surface area (Å²) in [7, 11) is -3.83. The number of sulfonamides is 1. The van der Waals surface area contributed by atoms with Gasteiger partial charge in [0.2, 0.25) is 10.0 Å². The Bertz CT molecular complexity index is 1220. The Hall–Kier alpha value is -3.38. The van der Waals surface area contributed by atoms with E-state index < -0.39 is 15.9 Å². The highest BCUT2D eigenvalue weighted by Gasteiger charge is 2.13. The number of nitrogens with one attached hydrogen (secondary N) is 1. The molecule has 0 aliphatic carbocycles. The number of nitriles is 1. The number of hydrogen-bond acceptors (Lipinski definition) is 5. The Morgan fingerprint density at radius 2 is 1.72 bits per heavy atom. The van der Waals surface area contributed by atoms with Crippen LogP contribution < -0.4 is 10.5 Å². The first-order valence-corrected chi connectivity index (χ1v) is 10.1. The number of anilines is 1. The third-order valence-corrected chi connectivity index (χ3v) is 5.03. The first-order chi connectivity index (χ1) is 13.8. The fourth-order valence-electron chi connectivity index (χ4n) is 2.42. The summed E-state index contributed by atoms with van der Waals surface area (Å²) in [5.41, 5.74) is 0.925. The van der Waals surface area contributed by atoms with Crippen molar-refractivity contribution in [3.63, 3.8) is 0 Å². The zero-order valence-corrected chi connectivity index (χ0v) is 16.4. The molecule has 0 bridgehead atoms. The first kappa shape index (κ1) is 20.4. The van der Waals surface area contributed by atoms with Gasteiger partial charge in [-0.15, -0.1) is 0 Å². The predicted octanol–water partition coefficient (Wildman–Crippen LogP) is 3.79. The lowest BCUT2D eigenvalue weighted by Crippen LogP contribution is -2.14. The lowest BCUT2D eigenvalue weighted by molar-refractivity contribution is -0.112. The molecule has 3 rings (SSSR count). The number of carbonyl (C=O) groups excluding carboxylic acids is 1. The molecule has 3 N–H and O–H groups in total. The average molecular weight is 428 g/mol. The van der Waals surface area contributed by atoms with Crippen LogP contribution in [0.4, 0.5) is 5.69 Å². The van der Waals surface area contributed by atoms with Crippen molar-refractivity contribution in [2.75, 3.05) is 5.32 Å². The third kappa shape index (κ3) is 5.12. The molecule has 1 amide bonds. The van der Waals surface area contributed by atoms with Gasteiger partial charge in [0.15, 0.2) is 0 Å². The van der Waals surface area contributed by atoms with Crippen LogP contribution in [0.3, 0.4) is 0 Å². The molecule has 29 heavy (non-hydrogen) atoms. The maximum absolute atomic E-state index is 12.3. The standard InChI is InChI=1S/C20H14ClN3O4S/c21-15-3-1-13(2-4-15)19-10-7-17(28-19)11-14(12-22)20(25)24-16-5-8-18(9-6-16)29(23,26)27/h1-11H,(H,24,25)(H2,23,26,27)/b14-11-. The monoisotopic (exact) mass is 427 g/mol. The minimum atomic E-state index is -3.83. The molecule has 7 nitrogen and oxygen atoms in total. The van der Waals surface area contributed by atoms with Crippen molar-refractivity contribution < 1.29 is 17.6 Å². The molecular weight excluding hydrogens is 414 g/mol. The number of halogens is 1. The van der Waals surface area contributed by atoms with Crippen LogP contribution in [0.15, 0.2) is 75.5 Å². The molecule has 0 saturated heterocycles. The van der Waals surface area contributed by atoms with Crippen LogP contribution in [0.5, 0.6) is 0 Å². The molecule has 0 saturated carbocycles. The number of nitrogens with two attached hydrogens (primary N) is 1. The predicted molar refractivity (Wildman–Crippen MR) is 109 cm³/mol. The molecule has 0 atom stereocenters. The molecule has 9 heteroatoms. The summed E-state index contributed by atoms with van der Waals surface area (Å²) < 4.78 is 28.2. The van der Waals surface area contributed by atoms with Gasteiger partial charge in [-0.1, -0.05) is 11.6 Å². The summed E-state index contributed by atoms with van der Waals surface area (Å²) in [5.74, 6) is 0.218. The third-order valence-electron chi connectivity index (χ3n) is 3.85. The highest BCUT2D eigenvalue weighted by atomic mass is 35.5. The number of furan rings is 1. The number of nitrogens with zero attached hydrogens (tertiary/aromatic N) is 1. The Morgan fingerprint density at radius 1 is 1.07 bits per heavy atom. The van der Waals surface area contributed by atoms with Gasteiger partial charge in [-0.25, -0.2) is 13.6 Å². The summed E-state index contributed by atoms with van der Waals surface area (Å²) in [5, 5.41) is 17.5. The Balaban J connectivity index is 1.77. The van der Waals surface area contributed by atoms with Gasteiger partial charge >= 0.3 is 0 Å². The van der Waals surface area contributed by atoms with Gasteiger partial charge in [0.25, 0.3) is 5.91 Å². The molecule has 0 spiro atoms. The number of hydrogen-bond donors (Lipinski definition) is 2. The summed E-state index contributed by atoms with van der Waals surface area (Å²) in [4.78, 5) is 12.3. The molecule has 0 aliphatic heterocycles. The molecule has 3 aromatic rings. The minimum Gasteiger partial charge on any atom is -0.457 e. The number of amides is 1. The van der Waals surface area contributed by atoms with E-state index >= 15 is 0 Å². The van der Waals surface area contributed by atoms with Crippen molar-refractivity contribution in [2.24, 2.45) is 5.14 Å². The fourth-order valence-corrected chi connectivity index (χ4v) is 3.06. The van der Waals surface area contributed by atoms with Crippen LogP contribution in [-0.4, -0.2) is 14.3 Å². The van der Waals surface area contributed by atoms with Crippen LogP contribution in [-0.2, 0) is 14.8 Å². The van der Waals surface area contributed by atoms with Crippen LogP contribution in [0, 0.1) is 11.3 Å². The van der Waals surface area contributed by atoms with E-state index in [4.69, 9.17) is 21.2 Å². The molecule has 0 fully saturated rings. The maximum atomic E-state index is 12.3. The highest BCUT2D eigenvalue weighted by Crippen LogP contribution is 2.25. The van der Waals surface area contributed by atoms with Gasteiger partial charge < -0.3 is 9.73 Å². The van der Waals surface area contributed by atoms with E-state index in [0.717, 1.165) is 5.56 Å². The van der Waals surface area contributed by atoms with Gasteiger partial charge in [-0.05, 0) is 60.7 Å². The molecule has 0 radical (unpaired) electrons. The van der Waals surface area contributed by atoms with E-state index in [9.17, 15) is 18.5 Å². The summed E-state index contributed by atoms with van der Waals surface area (Å²) in [6.07, 6.45) is 1.31. The quantitative estimate of drug-likeness (QED) is 0.473. The molecule has 1 heterocycles. The molecular formula is C20H14ClN3O4S. The van der Waals surface area contributed by atoms with Crippen LogP contribution in [0.2, 0.25) is 5.02 Å². The Labute approximate surface area is 172 Å². The molecule has 146 valence electrons. The fraction of sp³-hybridized carbons (Fsp3) is 0. The Kier molecular flexibility index (Phi) is 5.84. The second kappa shape index (κ2) is 8.32. The van der Waals surface area contributed by atoms with Crippen LogP contribution in [0.25, 0.3) is 17.4 Å². The molecule has 2 aromatic carbocycles. The van der Waals surface area contributed by atoms with E-state index in [1.807, 2.05) is 6.07 Å². The zero-order chi connectivity index (χ0) is 21.0. The van der Waals surface area contributed by atoms with E-state index in [2.05, 4.69) is 5.32 Å². The van der Waals surface area contributed by atoms with E-state index in [1.165, 1.54) is 30.3 Å². The van der Waals surface area contributed by atoms with Crippen LogP contribution >= 0.6 is 11.6 Å². The van der Waals surface area contributed by atoms with Gasteiger partial charge in [0.05, 0.1) is 4.90 Å². The normalized spacial score (nSPS) is 11.7. The largest absolute Gasteiger partial charge is 0.457 e. The smallest absolute Gasteiger partial charge is 0.266 e. The second-order valence-corrected chi connectivity index (χ2v) is 7.90. The molecule has 0 aliphatic rings. The van der Waals surface area contributed by atoms with Crippen molar-refractivity contribution in [3.05, 3.63) is 77.0 Å². The second-order valence-electron chi connectivity index (χ2n) is 5.90. The topological polar surface area (TPSA) is 126 Å². The van der Waals surface area contributed by atoms with Gasteiger partial charge in [0, 0.05) is 22.3 Å². The lowest BCUT2D eigenvalue weighted by atomic mass is 10.2. The van der Waals surface area contributed by atoms with E-state index in [-0.39, 0.29) is 10.5 Å².